The summed E-state index contributed by atoms with van der Waals surface area (Å²) in [5.41, 5.74) is 2.66. The summed E-state index contributed by atoms with van der Waals surface area (Å²) < 4.78 is 0. The molecular weight excluding hydrogens is 358 g/mol. The number of aromatic carboxylic acids is 1. The van der Waals surface area contributed by atoms with Crippen molar-refractivity contribution in [2.75, 3.05) is 5.32 Å². The van der Waals surface area contributed by atoms with Crippen molar-refractivity contribution in [3.8, 4) is 22.6 Å². The van der Waals surface area contributed by atoms with E-state index in [0.29, 0.717) is 12.0 Å². The number of benzene rings is 3. The molecule has 0 aromatic heterocycles. The lowest BCUT2D eigenvalue weighted by molar-refractivity contribution is -0.116. The van der Waals surface area contributed by atoms with Gasteiger partial charge in [0.15, 0.2) is 0 Å². The van der Waals surface area contributed by atoms with Crippen LogP contribution < -0.4 is 5.32 Å². The van der Waals surface area contributed by atoms with E-state index in [9.17, 15) is 19.8 Å². The highest BCUT2D eigenvalue weighted by Gasteiger charge is 2.12. The molecule has 6 heteroatoms. The van der Waals surface area contributed by atoms with Gasteiger partial charge in [-0.25, -0.2) is 4.79 Å². The van der Waals surface area contributed by atoms with E-state index in [-0.39, 0.29) is 35.1 Å². The maximum atomic E-state index is 12.2. The second-order valence-corrected chi connectivity index (χ2v) is 6.30. The number of phenolic OH excluding ortho intramolecular Hbond substituents is 2. The minimum absolute atomic E-state index is 0.00615. The molecule has 0 atom stereocenters. The summed E-state index contributed by atoms with van der Waals surface area (Å²) in [6.07, 6.45) is 0.695. The number of carbonyl (C=O) groups excluding carboxylic acids is 1. The van der Waals surface area contributed by atoms with Gasteiger partial charge < -0.3 is 20.6 Å². The Labute approximate surface area is 161 Å². The second kappa shape index (κ2) is 8.26. The fourth-order valence-corrected chi connectivity index (χ4v) is 2.86. The fourth-order valence-electron chi connectivity index (χ4n) is 2.86. The van der Waals surface area contributed by atoms with Gasteiger partial charge in [-0.15, -0.1) is 0 Å². The third-order valence-corrected chi connectivity index (χ3v) is 4.32. The number of nitrogens with one attached hydrogen (secondary N) is 1. The zero-order valence-electron chi connectivity index (χ0n) is 14.9. The summed E-state index contributed by atoms with van der Waals surface area (Å²) in [7, 11) is 0. The number of phenols is 2. The molecule has 0 fully saturated rings. The molecule has 0 bridgehead atoms. The van der Waals surface area contributed by atoms with Crippen LogP contribution in [0.4, 0.5) is 5.69 Å². The zero-order chi connectivity index (χ0) is 20.1. The summed E-state index contributed by atoms with van der Waals surface area (Å²) in [5.74, 6) is -1.38. The predicted molar refractivity (Wildman–Crippen MR) is 106 cm³/mol. The summed E-state index contributed by atoms with van der Waals surface area (Å²) >= 11 is 0. The van der Waals surface area contributed by atoms with E-state index >= 15 is 0 Å². The van der Waals surface area contributed by atoms with Crippen molar-refractivity contribution in [3.05, 3.63) is 77.9 Å². The highest BCUT2D eigenvalue weighted by molar-refractivity contribution is 6.00. The number of carbonyl (C=O) groups is 2. The quantitative estimate of drug-likeness (QED) is 0.519. The molecule has 6 nitrogen and oxygen atoms in total. The zero-order valence-corrected chi connectivity index (χ0v) is 14.9. The molecule has 0 unspecified atom stereocenters. The van der Waals surface area contributed by atoms with Crippen LogP contribution in [0.3, 0.4) is 0 Å². The second-order valence-electron chi connectivity index (χ2n) is 6.30. The topological polar surface area (TPSA) is 107 Å². The third kappa shape index (κ3) is 4.48. The third-order valence-electron chi connectivity index (χ3n) is 4.32. The number of aryl methyl sites for hydroxylation is 1. The summed E-state index contributed by atoms with van der Waals surface area (Å²) in [4.78, 5) is 23.4. The lowest BCUT2D eigenvalue weighted by Gasteiger charge is -2.09. The molecule has 142 valence electrons. The molecule has 3 aromatic rings. The number of rotatable bonds is 6. The minimum Gasteiger partial charge on any atom is -0.508 e. The van der Waals surface area contributed by atoms with E-state index in [0.717, 1.165) is 11.1 Å². The standard InChI is InChI=1S/C22H19NO5/c24-16-10-11-17(20(25)13-16)15-8-5-14(6-9-15)7-12-21(26)23-19-4-2-1-3-18(19)22(27)28/h1-6,8-11,13,24-25H,7,12H2,(H,23,26)(H,27,28). The summed E-state index contributed by atoms with van der Waals surface area (Å²) in [6, 6.07) is 18.1. The molecule has 0 saturated heterocycles. The van der Waals surface area contributed by atoms with Crippen molar-refractivity contribution in [2.45, 2.75) is 12.8 Å². The monoisotopic (exact) mass is 377 g/mol. The molecule has 3 aromatic carbocycles. The molecule has 1 amide bonds. The predicted octanol–water partition coefficient (Wildman–Crippen LogP) is 4.03. The van der Waals surface area contributed by atoms with Crippen LogP contribution in [0.25, 0.3) is 11.1 Å². The molecular formula is C22H19NO5. The Morgan fingerprint density at radius 2 is 1.61 bits per heavy atom. The van der Waals surface area contributed by atoms with Crippen LogP contribution in [0, 0.1) is 0 Å². The van der Waals surface area contributed by atoms with Gasteiger partial charge in [0.1, 0.15) is 11.5 Å². The molecule has 0 radical (unpaired) electrons. The molecule has 28 heavy (non-hydrogen) atoms. The van der Waals surface area contributed by atoms with Crippen LogP contribution in [0.5, 0.6) is 11.5 Å². The van der Waals surface area contributed by atoms with Gasteiger partial charge in [-0.1, -0.05) is 36.4 Å². The summed E-state index contributed by atoms with van der Waals surface area (Å²) in [5, 5.41) is 31.1. The van der Waals surface area contributed by atoms with Gasteiger partial charge in [-0.05, 0) is 41.8 Å². The highest BCUT2D eigenvalue weighted by atomic mass is 16.4. The first-order valence-electron chi connectivity index (χ1n) is 8.67. The molecule has 0 aliphatic heterocycles. The highest BCUT2D eigenvalue weighted by Crippen LogP contribution is 2.32. The van der Waals surface area contributed by atoms with Crippen molar-refractivity contribution in [1.82, 2.24) is 0 Å². The number of para-hydroxylation sites is 1. The first-order chi connectivity index (χ1) is 13.4. The van der Waals surface area contributed by atoms with Crippen molar-refractivity contribution < 1.29 is 24.9 Å². The van der Waals surface area contributed by atoms with Gasteiger partial charge in [-0.3, -0.25) is 4.79 Å². The molecule has 4 N–H and O–H groups in total. The summed E-state index contributed by atoms with van der Waals surface area (Å²) in [6.45, 7) is 0. The van der Waals surface area contributed by atoms with E-state index in [2.05, 4.69) is 5.32 Å². The van der Waals surface area contributed by atoms with E-state index < -0.39 is 5.97 Å². The van der Waals surface area contributed by atoms with E-state index in [1.54, 1.807) is 24.3 Å². The number of anilines is 1. The number of carboxylic acids is 1. The Balaban J connectivity index is 1.62. The van der Waals surface area contributed by atoms with Gasteiger partial charge in [0, 0.05) is 18.1 Å². The molecule has 0 aliphatic carbocycles. The van der Waals surface area contributed by atoms with Crippen molar-refractivity contribution >= 4 is 17.6 Å². The first-order valence-corrected chi connectivity index (χ1v) is 8.67. The number of aromatic hydroxyl groups is 2. The Morgan fingerprint density at radius 1 is 0.893 bits per heavy atom. The van der Waals surface area contributed by atoms with Gasteiger partial charge in [0.05, 0.1) is 11.3 Å². The number of hydrogen-bond donors (Lipinski definition) is 4. The van der Waals surface area contributed by atoms with Crippen molar-refractivity contribution in [2.24, 2.45) is 0 Å². The van der Waals surface area contributed by atoms with Crippen LogP contribution in [-0.4, -0.2) is 27.2 Å². The van der Waals surface area contributed by atoms with Crippen LogP contribution in [0.15, 0.2) is 66.7 Å². The average Bonchev–Trinajstić information content (AvgIpc) is 2.67. The van der Waals surface area contributed by atoms with E-state index in [4.69, 9.17) is 5.11 Å². The average molecular weight is 377 g/mol. The Hall–Kier alpha value is -3.80. The number of hydrogen-bond acceptors (Lipinski definition) is 4. The van der Waals surface area contributed by atoms with Gasteiger partial charge in [0.25, 0.3) is 0 Å². The van der Waals surface area contributed by atoms with Crippen molar-refractivity contribution in [1.29, 1.82) is 0 Å². The number of carboxylic acid groups (broad SMARTS) is 1. The minimum atomic E-state index is -1.09. The van der Waals surface area contributed by atoms with Gasteiger partial charge in [-0.2, -0.15) is 0 Å². The molecule has 0 aliphatic rings. The maximum absolute atomic E-state index is 12.2. The van der Waals surface area contributed by atoms with Crippen LogP contribution in [0.2, 0.25) is 0 Å². The molecule has 3 rings (SSSR count). The Bertz CT molecular complexity index is 1010. The first kappa shape index (κ1) is 19.0. The van der Waals surface area contributed by atoms with E-state index in [1.165, 1.54) is 18.2 Å². The van der Waals surface area contributed by atoms with Gasteiger partial charge >= 0.3 is 5.97 Å². The lowest BCUT2D eigenvalue weighted by Crippen LogP contribution is -2.15. The van der Waals surface area contributed by atoms with E-state index in [1.807, 2.05) is 24.3 Å². The molecule has 0 spiro atoms. The lowest BCUT2D eigenvalue weighted by atomic mass is 10.0. The molecule has 0 saturated carbocycles. The Kier molecular flexibility index (Phi) is 5.60. The smallest absolute Gasteiger partial charge is 0.337 e. The fraction of sp³-hybridized carbons (Fsp3) is 0.0909. The van der Waals surface area contributed by atoms with Crippen molar-refractivity contribution in [3.63, 3.8) is 0 Å². The largest absolute Gasteiger partial charge is 0.508 e. The maximum Gasteiger partial charge on any atom is 0.337 e. The number of amides is 1. The van der Waals surface area contributed by atoms with Crippen LogP contribution >= 0.6 is 0 Å². The van der Waals surface area contributed by atoms with Crippen LogP contribution in [-0.2, 0) is 11.2 Å². The normalized spacial score (nSPS) is 10.4. The SMILES string of the molecule is O=C(CCc1ccc(-c2ccc(O)cc2O)cc1)Nc1ccccc1C(=O)O. The van der Waals surface area contributed by atoms with Crippen LogP contribution in [0.1, 0.15) is 22.3 Å². The molecule has 0 heterocycles. The van der Waals surface area contributed by atoms with Gasteiger partial charge in [0.2, 0.25) is 5.91 Å². The Morgan fingerprint density at radius 3 is 2.29 bits per heavy atom.